The lowest BCUT2D eigenvalue weighted by Gasteiger charge is -2.09. The van der Waals surface area contributed by atoms with Crippen LogP contribution >= 0.6 is 0 Å². The number of nitrogen functional groups attached to an aromatic ring is 1. The van der Waals surface area contributed by atoms with E-state index in [0.29, 0.717) is 11.4 Å². The van der Waals surface area contributed by atoms with Crippen LogP contribution in [-0.4, -0.2) is 16.7 Å². The number of hydrogen-bond donors (Lipinski definition) is 3. The van der Waals surface area contributed by atoms with E-state index in [1.807, 2.05) is 6.07 Å². The molecular formula is C8H10N4O. The lowest BCUT2D eigenvalue weighted by molar-refractivity contribution is 0.266. The summed E-state index contributed by atoms with van der Waals surface area (Å²) in [7, 11) is 0. The third kappa shape index (κ3) is 1.93. The first-order chi connectivity index (χ1) is 6.19. The molecule has 1 rings (SSSR count). The molecule has 0 unspecified atom stereocenters. The van der Waals surface area contributed by atoms with Crippen LogP contribution in [0.25, 0.3) is 0 Å². The van der Waals surface area contributed by atoms with Crippen LogP contribution in [0.1, 0.15) is 17.4 Å². The van der Waals surface area contributed by atoms with Crippen molar-refractivity contribution >= 4 is 5.69 Å². The summed E-state index contributed by atoms with van der Waals surface area (Å²) < 4.78 is 0. The van der Waals surface area contributed by atoms with E-state index in [1.165, 1.54) is 6.07 Å². The highest BCUT2D eigenvalue weighted by Gasteiger charge is 2.10. The molecule has 0 aliphatic rings. The number of nitrogens with zero attached hydrogens (tertiary/aromatic N) is 2. The monoisotopic (exact) mass is 178 g/mol. The molecule has 68 valence electrons. The number of anilines is 1. The molecule has 5 heteroatoms. The van der Waals surface area contributed by atoms with Gasteiger partial charge < -0.3 is 16.6 Å². The Morgan fingerprint density at radius 2 is 2.31 bits per heavy atom. The van der Waals surface area contributed by atoms with Crippen LogP contribution in [0, 0.1) is 11.3 Å². The molecule has 1 aromatic rings. The Labute approximate surface area is 75.6 Å². The molecule has 0 aliphatic carbocycles. The van der Waals surface area contributed by atoms with Gasteiger partial charge in [-0.2, -0.15) is 5.26 Å². The number of aromatic nitrogens is 1. The summed E-state index contributed by atoms with van der Waals surface area (Å²) in [6.07, 6.45) is 0. The van der Waals surface area contributed by atoms with Gasteiger partial charge in [0.15, 0.2) is 0 Å². The first-order valence-corrected chi connectivity index (χ1v) is 3.72. The molecular weight excluding hydrogens is 168 g/mol. The summed E-state index contributed by atoms with van der Waals surface area (Å²) in [6, 6.07) is 4.29. The van der Waals surface area contributed by atoms with Gasteiger partial charge >= 0.3 is 0 Å². The van der Waals surface area contributed by atoms with Crippen LogP contribution in [0.3, 0.4) is 0 Å². The molecule has 0 amide bonds. The van der Waals surface area contributed by atoms with Crippen LogP contribution in [0.2, 0.25) is 0 Å². The van der Waals surface area contributed by atoms with E-state index in [-0.39, 0.29) is 12.3 Å². The average molecular weight is 178 g/mol. The van der Waals surface area contributed by atoms with Gasteiger partial charge in [-0.15, -0.1) is 0 Å². The van der Waals surface area contributed by atoms with Crippen molar-refractivity contribution in [3.63, 3.8) is 0 Å². The Kier molecular flexibility index (Phi) is 2.80. The van der Waals surface area contributed by atoms with Crippen LogP contribution in [0.5, 0.6) is 0 Å². The SMILES string of the molecule is N#Cc1ccc(N)c([C@H](N)CO)n1. The Morgan fingerprint density at radius 3 is 2.85 bits per heavy atom. The predicted molar refractivity (Wildman–Crippen MR) is 47.4 cm³/mol. The fourth-order valence-corrected chi connectivity index (χ4v) is 0.931. The first kappa shape index (κ1) is 9.45. The van der Waals surface area contributed by atoms with Crippen molar-refractivity contribution < 1.29 is 5.11 Å². The molecule has 0 fully saturated rings. The van der Waals surface area contributed by atoms with Crippen molar-refractivity contribution in [2.24, 2.45) is 5.73 Å². The summed E-state index contributed by atoms with van der Waals surface area (Å²) in [5.74, 6) is 0. The third-order valence-corrected chi connectivity index (χ3v) is 1.62. The number of aliphatic hydroxyl groups is 1. The van der Waals surface area contributed by atoms with Gasteiger partial charge in [0.1, 0.15) is 11.8 Å². The molecule has 5 N–H and O–H groups in total. The first-order valence-electron chi connectivity index (χ1n) is 3.72. The van der Waals surface area contributed by atoms with Crippen molar-refractivity contribution in [1.29, 1.82) is 5.26 Å². The Balaban J connectivity index is 3.12. The third-order valence-electron chi connectivity index (χ3n) is 1.62. The molecule has 1 atom stereocenters. The standard InChI is InChI=1S/C8H10N4O/c9-3-5-1-2-6(10)8(12-5)7(11)4-13/h1-2,7,13H,4,10-11H2/t7-/m1/s1. The largest absolute Gasteiger partial charge is 0.397 e. The van der Waals surface area contributed by atoms with Gasteiger partial charge in [-0.05, 0) is 12.1 Å². The van der Waals surface area contributed by atoms with E-state index in [0.717, 1.165) is 0 Å². The zero-order chi connectivity index (χ0) is 9.84. The smallest absolute Gasteiger partial charge is 0.141 e. The molecule has 13 heavy (non-hydrogen) atoms. The maximum atomic E-state index is 8.77. The Morgan fingerprint density at radius 1 is 1.62 bits per heavy atom. The molecule has 5 nitrogen and oxygen atoms in total. The number of nitrogens with two attached hydrogens (primary N) is 2. The molecule has 1 aromatic heterocycles. The summed E-state index contributed by atoms with van der Waals surface area (Å²) in [5, 5.41) is 17.3. The molecule has 1 heterocycles. The minimum atomic E-state index is -0.631. The van der Waals surface area contributed by atoms with Gasteiger partial charge in [0.2, 0.25) is 0 Å². The van der Waals surface area contributed by atoms with Crippen molar-refractivity contribution in [3.8, 4) is 6.07 Å². The predicted octanol–water partition coefficient (Wildman–Crippen LogP) is -0.472. The second kappa shape index (κ2) is 3.85. The second-order valence-corrected chi connectivity index (χ2v) is 2.57. The van der Waals surface area contributed by atoms with E-state index < -0.39 is 6.04 Å². The molecule has 0 spiro atoms. The lowest BCUT2D eigenvalue weighted by Crippen LogP contribution is -2.18. The molecule has 0 aromatic carbocycles. The molecule has 0 bridgehead atoms. The van der Waals surface area contributed by atoms with E-state index in [2.05, 4.69) is 4.98 Å². The molecule has 0 saturated carbocycles. The number of hydrogen-bond acceptors (Lipinski definition) is 5. The second-order valence-electron chi connectivity index (χ2n) is 2.57. The highest BCUT2D eigenvalue weighted by molar-refractivity contribution is 5.46. The van der Waals surface area contributed by atoms with Gasteiger partial charge in [-0.3, -0.25) is 0 Å². The maximum absolute atomic E-state index is 8.77. The van der Waals surface area contributed by atoms with Gasteiger partial charge in [0, 0.05) is 0 Å². The number of rotatable bonds is 2. The van der Waals surface area contributed by atoms with Gasteiger partial charge in [-0.25, -0.2) is 4.98 Å². The summed E-state index contributed by atoms with van der Waals surface area (Å²) in [6.45, 7) is -0.244. The quantitative estimate of drug-likeness (QED) is 0.567. The van der Waals surface area contributed by atoms with Gasteiger partial charge in [0.05, 0.1) is 24.0 Å². The lowest BCUT2D eigenvalue weighted by atomic mass is 10.1. The number of nitriles is 1. The zero-order valence-electron chi connectivity index (χ0n) is 6.94. The molecule has 0 saturated heterocycles. The highest BCUT2D eigenvalue weighted by Crippen LogP contribution is 2.15. The minimum Gasteiger partial charge on any atom is -0.397 e. The maximum Gasteiger partial charge on any atom is 0.141 e. The number of aliphatic hydroxyl groups excluding tert-OH is 1. The highest BCUT2D eigenvalue weighted by atomic mass is 16.3. The van der Waals surface area contributed by atoms with E-state index >= 15 is 0 Å². The van der Waals surface area contributed by atoms with Gasteiger partial charge in [-0.1, -0.05) is 0 Å². The normalized spacial score (nSPS) is 12.1. The van der Waals surface area contributed by atoms with Gasteiger partial charge in [0.25, 0.3) is 0 Å². The zero-order valence-corrected chi connectivity index (χ0v) is 6.94. The topological polar surface area (TPSA) is 109 Å². The van der Waals surface area contributed by atoms with Crippen LogP contribution in [0.4, 0.5) is 5.69 Å². The van der Waals surface area contributed by atoms with Crippen LogP contribution in [0.15, 0.2) is 12.1 Å². The van der Waals surface area contributed by atoms with E-state index in [4.69, 9.17) is 21.8 Å². The summed E-state index contributed by atoms with van der Waals surface area (Å²) in [4.78, 5) is 3.89. The molecule has 0 aliphatic heterocycles. The van der Waals surface area contributed by atoms with Crippen molar-refractivity contribution in [2.45, 2.75) is 6.04 Å². The average Bonchev–Trinajstić information content (AvgIpc) is 2.17. The van der Waals surface area contributed by atoms with Crippen molar-refractivity contribution in [3.05, 3.63) is 23.5 Å². The Bertz CT molecular complexity index is 344. The van der Waals surface area contributed by atoms with E-state index in [9.17, 15) is 0 Å². The summed E-state index contributed by atoms with van der Waals surface area (Å²) >= 11 is 0. The fourth-order valence-electron chi connectivity index (χ4n) is 0.931. The van der Waals surface area contributed by atoms with Crippen molar-refractivity contribution in [1.82, 2.24) is 4.98 Å². The van der Waals surface area contributed by atoms with Crippen LogP contribution in [-0.2, 0) is 0 Å². The fraction of sp³-hybridized carbons (Fsp3) is 0.250. The van der Waals surface area contributed by atoms with E-state index in [1.54, 1.807) is 6.07 Å². The Hall–Kier alpha value is -1.64. The number of pyridine rings is 1. The molecule has 0 radical (unpaired) electrons. The minimum absolute atomic E-state index is 0.244. The van der Waals surface area contributed by atoms with Crippen molar-refractivity contribution in [2.75, 3.05) is 12.3 Å². The summed E-state index contributed by atoms with van der Waals surface area (Å²) in [5.41, 5.74) is 12.1. The van der Waals surface area contributed by atoms with Crippen LogP contribution < -0.4 is 11.5 Å².